The average Bonchev–Trinajstić information content (AvgIpc) is 2.88. The first-order valence-electron chi connectivity index (χ1n) is 5.47. The third kappa shape index (κ3) is 2.27. The molecule has 0 saturated heterocycles. The Bertz CT molecular complexity index is 612. The lowest BCUT2D eigenvalue weighted by atomic mass is 9.86. The molecule has 0 aromatic carbocycles. The molecule has 0 spiro atoms. The summed E-state index contributed by atoms with van der Waals surface area (Å²) in [6.45, 7) is 0. The highest BCUT2D eigenvalue weighted by molar-refractivity contribution is 6.59. The summed E-state index contributed by atoms with van der Waals surface area (Å²) in [5, 5.41) is 10.3. The van der Waals surface area contributed by atoms with Crippen LogP contribution in [-0.4, -0.2) is 49.4 Å². The van der Waals surface area contributed by atoms with E-state index in [2.05, 4.69) is 9.97 Å². The van der Waals surface area contributed by atoms with Crippen molar-refractivity contribution in [2.45, 2.75) is 0 Å². The summed E-state index contributed by atoms with van der Waals surface area (Å²) in [5.74, 6) is -0.421. The van der Waals surface area contributed by atoms with Gasteiger partial charge in [0, 0.05) is 24.3 Å². The van der Waals surface area contributed by atoms with Crippen molar-refractivity contribution in [1.82, 2.24) is 9.97 Å². The number of fused-ring (bicyclic) bond motifs is 1. The molecule has 0 fully saturated rings. The Morgan fingerprint density at radius 3 is 2.74 bits per heavy atom. The number of carbonyl (C=O) groups is 1. The minimum atomic E-state index is -1.11. The van der Waals surface area contributed by atoms with Crippen molar-refractivity contribution in [1.29, 1.82) is 0 Å². The Morgan fingerprint density at radius 1 is 1.42 bits per heavy atom. The summed E-state index contributed by atoms with van der Waals surface area (Å²) in [5.41, 5.74) is 1.07. The number of nitrogens with one attached hydrogen (secondary N) is 1. The third-order valence-corrected chi connectivity index (χ3v) is 2.73. The number of esters is 1. The fraction of sp³-hybridized carbons (Fsp3) is 0.273. The Morgan fingerprint density at radius 2 is 2.16 bits per heavy atom. The summed E-state index contributed by atoms with van der Waals surface area (Å²) in [6, 6.07) is 1.64. The maximum atomic E-state index is 11.8. The SMILES string of the molecule is COB(O)c1cc2cnc(OC)c(C(=O)OC)c2[nH]1. The molecule has 2 heterocycles. The van der Waals surface area contributed by atoms with E-state index in [1.807, 2.05) is 0 Å². The van der Waals surface area contributed by atoms with Gasteiger partial charge in [-0.25, -0.2) is 9.78 Å². The Balaban J connectivity index is 2.66. The molecule has 0 amide bonds. The number of nitrogens with zero attached hydrogens (tertiary/aromatic N) is 1. The summed E-state index contributed by atoms with van der Waals surface area (Å²) >= 11 is 0. The molecule has 8 heteroatoms. The van der Waals surface area contributed by atoms with E-state index >= 15 is 0 Å². The zero-order chi connectivity index (χ0) is 14.0. The summed E-state index contributed by atoms with van der Waals surface area (Å²) in [6.07, 6.45) is 1.53. The number of ether oxygens (including phenoxy) is 2. The van der Waals surface area contributed by atoms with Gasteiger partial charge >= 0.3 is 13.1 Å². The molecule has 2 rings (SSSR count). The zero-order valence-electron chi connectivity index (χ0n) is 10.8. The quantitative estimate of drug-likeness (QED) is 0.581. The molecule has 0 unspecified atom stereocenters. The lowest BCUT2D eigenvalue weighted by Gasteiger charge is -2.06. The third-order valence-electron chi connectivity index (χ3n) is 2.73. The maximum Gasteiger partial charge on any atom is 0.508 e. The predicted octanol–water partition coefficient (Wildman–Crippen LogP) is -0.308. The van der Waals surface area contributed by atoms with E-state index in [9.17, 15) is 9.82 Å². The predicted molar refractivity (Wildman–Crippen MR) is 68.6 cm³/mol. The van der Waals surface area contributed by atoms with Gasteiger partial charge in [0.1, 0.15) is 5.56 Å². The van der Waals surface area contributed by atoms with Gasteiger partial charge in [-0.2, -0.15) is 0 Å². The van der Waals surface area contributed by atoms with E-state index in [1.54, 1.807) is 6.07 Å². The van der Waals surface area contributed by atoms with Crippen LogP contribution in [0.3, 0.4) is 0 Å². The lowest BCUT2D eigenvalue weighted by molar-refractivity contribution is 0.0598. The van der Waals surface area contributed by atoms with Crippen LogP contribution in [-0.2, 0) is 9.39 Å². The van der Waals surface area contributed by atoms with E-state index < -0.39 is 13.1 Å². The zero-order valence-corrected chi connectivity index (χ0v) is 10.8. The van der Waals surface area contributed by atoms with Crippen molar-refractivity contribution in [2.75, 3.05) is 21.3 Å². The monoisotopic (exact) mass is 264 g/mol. The second kappa shape index (κ2) is 5.29. The summed E-state index contributed by atoms with van der Waals surface area (Å²) in [4.78, 5) is 18.7. The molecular formula is C11H13BN2O5. The minimum Gasteiger partial charge on any atom is -0.480 e. The van der Waals surface area contributed by atoms with Gasteiger partial charge in [-0.3, -0.25) is 0 Å². The first-order chi connectivity index (χ1) is 9.12. The van der Waals surface area contributed by atoms with Gasteiger partial charge in [0.2, 0.25) is 5.88 Å². The van der Waals surface area contributed by atoms with E-state index in [1.165, 1.54) is 27.5 Å². The first-order valence-corrected chi connectivity index (χ1v) is 5.47. The molecule has 2 aromatic rings. The number of rotatable bonds is 4. The van der Waals surface area contributed by atoms with Crippen LogP contribution in [0.15, 0.2) is 12.3 Å². The average molecular weight is 264 g/mol. The Labute approximate surface area is 109 Å². The molecular weight excluding hydrogens is 251 g/mol. The van der Waals surface area contributed by atoms with Crippen LogP contribution in [0.25, 0.3) is 10.9 Å². The molecule has 7 nitrogen and oxygen atoms in total. The van der Waals surface area contributed by atoms with E-state index in [0.29, 0.717) is 16.5 Å². The summed E-state index contributed by atoms with van der Waals surface area (Å²) in [7, 11) is 2.95. The minimum absolute atomic E-state index is 0.152. The highest BCUT2D eigenvalue weighted by Crippen LogP contribution is 2.24. The van der Waals surface area contributed by atoms with Gasteiger partial charge in [-0.15, -0.1) is 0 Å². The van der Waals surface area contributed by atoms with Crippen molar-refractivity contribution < 1.29 is 23.9 Å². The molecule has 0 aliphatic carbocycles. The molecule has 2 aromatic heterocycles. The number of H-pyrrole nitrogens is 1. The molecule has 0 aliphatic rings. The van der Waals surface area contributed by atoms with Gasteiger partial charge in [0.05, 0.1) is 19.7 Å². The molecule has 0 aliphatic heterocycles. The largest absolute Gasteiger partial charge is 0.508 e. The van der Waals surface area contributed by atoms with Gasteiger partial charge in [-0.05, 0) is 6.07 Å². The van der Waals surface area contributed by atoms with Crippen LogP contribution in [0, 0.1) is 0 Å². The standard InChI is InChI=1S/C11H13BN2O5/c1-17-10-8(11(15)18-2)9-6(5-13-10)4-7(14-9)12(16)19-3/h4-5,14,16H,1-3H3. The van der Waals surface area contributed by atoms with Crippen LogP contribution in [0.2, 0.25) is 0 Å². The normalized spacial score (nSPS) is 10.5. The molecule has 100 valence electrons. The molecule has 0 saturated carbocycles. The second-order valence-electron chi connectivity index (χ2n) is 3.78. The van der Waals surface area contributed by atoms with Crippen molar-refractivity contribution in [2.24, 2.45) is 0 Å². The Kier molecular flexibility index (Phi) is 3.73. The van der Waals surface area contributed by atoms with Crippen LogP contribution in [0.1, 0.15) is 10.4 Å². The van der Waals surface area contributed by atoms with Crippen molar-refractivity contribution in [3.05, 3.63) is 17.8 Å². The second-order valence-corrected chi connectivity index (χ2v) is 3.78. The van der Waals surface area contributed by atoms with E-state index in [0.717, 1.165) is 0 Å². The summed E-state index contributed by atoms with van der Waals surface area (Å²) < 4.78 is 14.6. The fourth-order valence-corrected chi connectivity index (χ4v) is 1.81. The van der Waals surface area contributed by atoms with Crippen LogP contribution in [0.5, 0.6) is 5.88 Å². The number of aromatic nitrogens is 2. The van der Waals surface area contributed by atoms with Crippen LogP contribution in [0.4, 0.5) is 0 Å². The van der Waals surface area contributed by atoms with Gasteiger partial charge in [0.15, 0.2) is 0 Å². The van der Waals surface area contributed by atoms with Crippen LogP contribution < -0.4 is 10.3 Å². The van der Waals surface area contributed by atoms with Gasteiger partial charge in [-0.1, -0.05) is 0 Å². The lowest BCUT2D eigenvalue weighted by Crippen LogP contribution is -2.33. The molecule has 19 heavy (non-hydrogen) atoms. The molecule has 0 atom stereocenters. The van der Waals surface area contributed by atoms with Crippen LogP contribution >= 0.6 is 0 Å². The van der Waals surface area contributed by atoms with E-state index in [4.69, 9.17) is 14.1 Å². The molecule has 0 bridgehead atoms. The Hall–Kier alpha value is -2.06. The van der Waals surface area contributed by atoms with Gasteiger partial charge in [0.25, 0.3) is 0 Å². The smallest absolute Gasteiger partial charge is 0.480 e. The number of aromatic amines is 1. The van der Waals surface area contributed by atoms with E-state index in [-0.39, 0.29) is 11.4 Å². The van der Waals surface area contributed by atoms with Crippen molar-refractivity contribution >= 4 is 29.6 Å². The first kappa shape index (κ1) is 13.4. The number of methoxy groups -OCH3 is 2. The highest BCUT2D eigenvalue weighted by atomic mass is 16.5. The fourth-order valence-electron chi connectivity index (χ4n) is 1.81. The maximum absolute atomic E-state index is 11.8. The highest BCUT2D eigenvalue weighted by Gasteiger charge is 2.23. The topological polar surface area (TPSA) is 93.7 Å². The number of hydrogen-bond acceptors (Lipinski definition) is 6. The number of hydrogen-bond donors (Lipinski definition) is 2. The van der Waals surface area contributed by atoms with Gasteiger partial charge < -0.3 is 24.1 Å². The number of carbonyl (C=O) groups excluding carboxylic acids is 1. The number of pyridine rings is 1. The molecule has 0 radical (unpaired) electrons. The van der Waals surface area contributed by atoms with Crippen molar-refractivity contribution in [3.8, 4) is 5.88 Å². The van der Waals surface area contributed by atoms with Crippen molar-refractivity contribution in [3.63, 3.8) is 0 Å². The molecule has 2 N–H and O–H groups in total.